The first-order valence-corrected chi connectivity index (χ1v) is 10.3. The van der Waals surface area contributed by atoms with E-state index in [-0.39, 0.29) is 74.9 Å². The molecular weight excluding hydrogens is 571 g/mol. The summed E-state index contributed by atoms with van der Waals surface area (Å²) in [4.78, 5) is 13.8. The number of aliphatic hydroxyl groups excluding tert-OH is 1. The molecule has 2 bridgehead atoms. The minimum atomic E-state index is -1.21. The van der Waals surface area contributed by atoms with Gasteiger partial charge in [-0.25, -0.2) is 0 Å². The van der Waals surface area contributed by atoms with Crippen LogP contribution in [0, 0.1) is 72.6 Å². The predicted molar refractivity (Wildman–Crippen MR) is 101 cm³/mol. The topological polar surface area (TPSA) is 87.0 Å². The Morgan fingerprint density at radius 1 is 1.14 bits per heavy atom. The SMILES string of the molecule is CC1=C2[C@@H](C)C(=O)[C@]3(C)CCC4OCC4(O)C3[C@H](C)C(O)(CC1O)C2(C)C.[Ac]. The molecule has 1 saturated heterocycles. The molecule has 0 aromatic rings. The molecule has 6 heteroatoms. The van der Waals surface area contributed by atoms with Gasteiger partial charge in [0.1, 0.15) is 11.4 Å². The molecule has 155 valence electrons. The number of hydrogen-bond donors (Lipinski definition) is 3. The van der Waals surface area contributed by atoms with Gasteiger partial charge < -0.3 is 20.1 Å². The van der Waals surface area contributed by atoms with Gasteiger partial charge in [-0.3, -0.25) is 4.79 Å². The maximum absolute atomic E-state index is 13.8. The molecule has 0 aromatic heterocycles. The Hall–Kier alpha value is 0.692. The van der Waals surface area contributed by atoms with Crippen LogP contribution in [0.5, 0.6) is 0 Å². The third-order valence-electron chi connectivity index (χ3n) is 9.05. The Morgan fingerprint density at radius 3 is 2.29 bits per heavy atom. The zero-order valence-electron chi connectivity index (χ0n) is 18.0. The zero-order chi connectivity index (χ0) is 20.2. The molecule has 5 nitrogen and oxygen atoms in total. The fourth-order valence-corrected chi connectivity index (χ4v) is 7.54. The van der Waals surface area contributed by atoms with Crippen molar-refractivity contribution in [3.63, 3.8) is 0 Å². The van der Waals surface area contributed by atoms with E-state index < -0.39 is 40.0 Å². The molecule has 3 aliphatic carbocycles. The second kappa shape index (κ2) is 6.84. The Kier molecular flexibility index (Phi) is 5.71. The summed E-state index contributed by atoms with van der Waals surface area (Å²) < 4.78 is 5.64. The second-order valence-electron chi connectivity index (χ2n) is 10.5. The standard InChI is InChI=1S/C22H34O5.Ac/c1-11-14(23)9-22(26)13(3)17-20(6,8-7-15-21(17,25)10-27-15)18(24)12(2)16(11)19(22,4)5;/h12-15,17,23,25-26H,7-10H2,1-6H3;/t12-,13+,14?,15?,17?,20-,21?,22?;/m1./s1. The van der Waals surface area contributed by atoms with Crippen molar-refractivity contribution in [3.05, 3.63) is 11.1 Å². The van der Waals surface area contributed by atoms with Crippen LogP contribution in [0.2, 0.25) is 0 Å². The number of ether oxygens (including phenoxy) is 1. The van der Waals surface area contributed by atoms with Gasteiger partial charge >= 0.3 is 0 Å². The van der Waals surface area contributed by atoms with Crippen molar-refractivity contribution in [2.24, 2.45) is 28.6 Å². The minimum absolute atomic E-state index is 0. The molecule has 0 spiro atoms. The van der Waals surface area contributed by atoms with E-state index in [4.69, 9.17) is 4.74 Å². The smallest absolute Gasteiger partial charge is 0.146 e. The van der Waals surface area contributed by atoms with Crippen molar-refractivity contribution < 1.29 is 68.9 Å². The number of hydrogen-bond acceptors (Lipinski definition) is 5. The van der Waals surface area contributed by atoms with Crippen LogP contribution in [0.15, 0.2) is 11.1 Å². The Balaban J connectivity index is 0.00000225. The quantitative estimate of drug-likeness (QED) is 0.369. The number of carbonyl (C=O) groups is 1. The van der Waals surface area contributed by atoms with Gasteiger partial charge in [0.05, 0.1) is 24.4 Å². The molecule has 3 fully saturated rings. The molecule has 1 radical (unpaired) electrons. The van der Waals surface area contributed by atoms with E-state index >= 15 is 0 Å². The second-order valence-corrected chi connectivity index (χ2v) is 10.5. The number of carbonyl (C=O) groups excluding carboxylic acids is 1. The van der Waals surface area contributed by atoms with Gasteiger partial charge in [-0.2, -0.15) is 0 Å². The summed E-state index contributed by atoms with van der Waals surface area (Å²) >= 11 is 0. The van der Waals surface area contributed by atoms with Gasteiger partial charge in [0.25, 0.3) is 0 Å². The van der Waals surface area contributed by atoms with Crippen molar-refractivity contribution >= 4 is 5.78 Å². The van der Waals surface area contributed by atoms with Crippen LogP contribution < -0.4 is 0 Å². The van der Waals surface area contributed by atoms with Gasteiger partial charge in [-0.05, 0) is 36.8 Å². The fourth-order valence-electron chi connectivity index (χ4n) is 7.54. The van der Waals surface area contributed by atoms with Gasteiger partial charge in [-0.1, -0.05) is 34.6 Å². The zero-order valence-corrected chi connectivity index (χ0v) is 22.7. The number of fused-ring (bicyclic) bond motifs is 5. The number of Topliss-reactive ketones (excluding diaryl/α,β-unsaturated/α-hetero) is 1. The molecule has 4 rings (SSSR count). The van der Waals surface area contributed by atoms with Gasteiger partial charge in [-0.15, -0.1) is 0 Å². The molecule has 1 aliphatic heterocycles. The average Bonchev–Trinajstić information content (AvgIpc) is 2.56. The first-order valence-electron chi connectivity index (χ1n) is 10.3. The van der Waals surface area contributed by atoms with E-state index in [9.17, 15) is 20.1 Å². The summed E-state index contributed by atoms with van der Waals surface area (Å²) in [6.07, 6.45) is 0.510. The molecule has 28 heavy (non-hydrogen) atoms. The van der Waals surface area contributed by atoms with E-state index in [0.29, 0.717) is 12.8 Å². The first kappa shape index (κ1) is 23.4. The summed E-state index contributed by atoms with van der Waals surface area (Å²) in [7, 11) is 0. The molecule has 4 aliphatic rings. The molecule has 5 unspecified atom stereocenters. The average molecular weight is 606 g/mol. The summed E-state index contributed by atoms with van der Waals surface area (Å²) in [5.41, 5.74) is -1.99. The van der Waals surface area contributed by atoms with Gasteiger partial charge in [0, 0.05) is 73.1 Å². The third-order valence-corrected chi connectivity index (χ3v) is 9.05. The van der Waals surface area contributed by atoms with Crippen LogP contribution in [0.3, 0.4) is 0 Å². The van der Waals surface area contributed by atoms with E-state index in [1.807, 2.05) is 41.5 Å². The van der Waals surface area contributed by atoms with E-state index in [2.05, 4.69) is 0 Å². The maximum atomic E-state index is 13.8. The van der Waals surface area contributed by atoms with Crippen LogP contribution in [-0.2, 0) is 9.53 Å². The van der Waals surface area contributed by atoms with Crippen molar-refractivity contribution in [1.82, 2.24) is 0 Å². The van der Waals surface area contributed by atoms with Crippen molar-refractivity contribution in [1.29, 1.82) is 0 Å². The summed E-state index contributed by atoms with van der Waals surface area (Å²) in [5.74, 6) is -1.04. The van der Waals surface area contributed by atoms with Gasteiger partial charge in [0.15, 0.2) is 0 Å². The maximum Gasteiger partial charge on any atom is 0.146 e. The van der Waals surface area contributed by atoms with Crippen LogP contribution >= 0.6 is 0 Å². The van der Waals surface area contributed by atoms with Crippen molar-refractivity contribution in [3.8, 4) is 0 Å². The molecule has 8 atom stereocenters. The minimum Gasteiger partial charge on any atom is -0.389 e. The summed E-state index contributed by atoms with van der Waals surface area (Å²) in [6.45, 7) is 11.9. The van der Waals surface area contributed by atoms with E-state index in [1.165, 1.54) is 0 Å². The monoisotopic (exact) mass is 605 g/mol. The fraction of sp³-hybridized carbons (Fsp3) is 0.864. The van der Waals surface area contributed by atoms with Crippen molar-refractivity contribution in [2.45, 2.75) is 84.2 Å². The molecule has 0 amide bonds. The molecule has 2 saturated carbocycles. The third kappa shape index (κ3) is 2.58. The predicted octanol–water partition coefficient (Wildman–Crippen LogP) is 2.23. The first-order chi connectivity index (χ1) is 12.3. The molecular formula is C22H34AcO5. The van der Waals surface area contributed by atoms with E-state index in [0.717, 1.165) is 11.1 Å². The normalized spacial score (nSPS) is 52.5. The largest absolute Gasteiger partial charge is 0.389 e. The van der Waals surface area contributed by atoms with Crippen molar-refractivity contribution in [2.75, 3.05) is 6.61 Å². The summed E-state index contributed by atoms with van der Waals surface area (Å²) in [6, 6.07) is 0. The Morgan fingerprint density at radius 2 is 1.75 bits per heavy atom. The van der Waals surface area contributed by atoms with Crippen LogP contribution in [0.25, 0.3) is 0 Å². The number of rotatable bonds is 0. The van der Waals surface area contributed by atoms with Crippen LogP contribution in [0.4, 0.5) is 0 Å². The summed E-state index contributed by atoms with van der Waals surface area (Å²) in [5, 5.41) is 34.3. The number of aliphatic hydroxyl groups is 3. The number of ketones is 1. The van der Waals surface area contributed by atoms with Gasteiger partial charge in [0.2, 0.25) is 0 Å². The van der Waals surface area contributed by atoms with Crippen LogP contribution in [-0.4, -0.2) is 51.1 Å². The Bertz CT molecular complexity index is 732. The Labute approximate surface area is 203 Å². The molecule has 1 heterocycles. The van der Waals surface area contributed by atoms with Crippen LogP contribution in [0.1, 0.15) is 60.8 Å². The van der Waals surface area contributed by atoms with E-state index in [1.54, 1.807) is 0 Å². The molecule has 0 aromatic carbocycles. The molecule has 3 N–H and O–H groups in total.